The molecular weight excluding hydrogens is 268 g/mol. The van der Waals surface area contributed by atoms with Crippen LogP contribution in [-0.2, 0) is 4.74 Å². The summed E-state index contributed by atoms with van der Waals surface area (Å²) in [5.41, 5.74) is 0. The second-order valence-corrected chi connectivity index (χ2v) is 4.26. The number of unbranched alkanes of at least 4 members (excludes halogenated alkanes) is 1. The van der Waals surface area contributed by atoms with Gasteiger partial charge in [0.15, 0.2) is 0 Å². The third kappa shape index (κ3) is 5.93. The second kappa shape index (κ2) is 8.36. The highest BCUT2D eigenvalue weighted by atomic mass is 79.9. The zero-order chi connectivity index (χ0) is 11.6. The molecule has 0 saturated carbocycles. The smallest absolute Gasteiger partial charge is 0.119 e. The fraction of sp³-hybridized carbons (Fsp3) is 0.385. The fourth-order valence-corrected chi connectivity index (χ4v) is 1.45. The molecule has 3 heteroatoms. The Bertz CT molecular complexity index is 295. The van der Waals surface area contributed by atoms with Crippen molar-refractivity contribution in [3.63, 3.8) is 0 Å². The Balaban J connectivity index is 2.02. The van der Waals surface area contributed by atoms with E-state index in [4.69, 9.17) is 9.47 Å². The number of rotatable bonds is 8. The molecule has 0 N–H and O–H groups in total. The Labute approximate surface area is 105 Å². The van der Waals surface area contributed by atoms with Crippen LogP contribution in [0.15, 0.2) is 41.4 Å². The Hall–Kier alpha value is -0.800. The van der Waals surface area contributed by atoms with Gasteiger partial charge in [0.2, 0.25) is 0 Å². The van der Waals surface area contributed by atoms with E-state index in [1.807, 2.05) is 30.3 Å². The summed E-state index contributed by atoms with van der Waals surface area (Å²) >= 11 is 3.37. The number of allylic oxidation sites excluding steroid dienone is 1. The maximum absolute atomic E-state index is 5.50. The van der Waals surface area contributed by atoms with Crippen LogP contribution >= 0.6 is 15.9 Å². The summed E-state index contributed by atoms with van der Waals surface area (Å²) in [5, 5.41) is 0. The van der Waals surface area contributed by atoms with Crippen LogP contribution in [0.25, 0.3) is 0 Å². The van der Waals surface area contributed by atoms with Gasteiger partial charge in [-0.05, 0) is 37.1 Å². The van der Waals surface area contributed by atoms with Crippen molar-refractivity contribution in [2.75, 3.05) is 19.8 Å². The third-order valence-electron chi connectivity index (χ3n) is 2.01. The molecule has 1 rings (SSSR count). The van der Waals surface area contributed by atoms with Crippen molar-refractivity contribution in [2.24, 2.45) is 0 Å². The molecule has 0 aliphatic rings. The molecule has 0 aliphatic heterocycles. The summed E-state index contributed by atoms with van der Waals surface area (Å²) in [4.78, 5) is 0. The molecule has 0 amide bonds. The van der Waals surface area contributed by atoms with Gasteiger partial charge in [-0.1, -0.05) is 22.0 Å². The standard InChI is InChI=1S/C13H17BrO2/c1-2-3-4-9-15-10-11-16-13-7-5-12(14)6-8-13/h2,5-8H,1,3-4,9-11H2. The minimum atomic E-state index is 0.593. The van der Waals surface area contributed by atoms with Gasteiger partial charge >= 0.3 is 0 Å². The van der Waals surface area contributed by atoms with Crippen LogP contribution in [0.5, 0.6) is 5.75 Å². The van der Waals surface area contributed by atoms with Gasteiger partial charge in [-0.25, -0.2) is 0 Å². The molecule has 88 valence electrons. The molecule has 0 unspecified atom stereocenters. The molecule has 0 saturated heterocycles. The monoisotopic (exact) mass is 284 g/mol. The van der Waals surface area contributed by atoms with Crippen molar-refractivity contribution in [1.82, 2.24) is 0 Å². The van der Waals surface area contributed by atoms with Crippen LogP contribution in [-0.4, -0.2) is 19.8 Å². The van der Waals surface area contributed by atoms with Crippen molar-refractivity contribution >= 4 is 15.9 Å². The van der Waals surface area contributed by atoms with Crippen molar-refractivity contribution in [3.8, 4) is 5.75 Å². The number of benzene rings is 1. The van der Waals surface area contributed by atoms with E-state index >= 15 is 0 Å². The van der Waals surface area contributed by atoms with Gasteiger partial charge in [0.05, 0.1) is 6.61 Å². The summed E-state index contributed by atoms with van der Waals surface area (Å²) in [6.07, 6.45) is 3.94. The molecule has 2 nitrogen and oxygen atoms in total. The first-order valence-corrected chi connectivity index (χ1v) is 6.19. The predicted molar refractivity (Wildman–Crippen MR) is 69.9 cm³/mol. The van der Waals surface area contributed by atoms with E-state index in [0.29, 0.717) is 13.2 Å². The summed E-state index contributed by atoms with van der Waals surface area (Å²) in [6, 6.07) is 7.78. The topological polar surface area (TPSA) is 18.5 Å². The van der Waals surface area contributed by atoms with Gasteiger partial charge in [-0.15, -0.1) is 6.58 Å². The third-order valence-corrected chi connectivity index (χ3v) is 2.54. The van der Waals surface area contributed by atoms with E-state index < -0.39 is 0 Å². The van der Waals surface area contributed by atoms with Crippen molar-refractivity contribution in [2.45, 2.75) is 12.8 Å². The Morgan fingerprint density at radius 3 is 2.56 bits per heavy atom. The molecule has 1 aromatic rings. The molecule has 0 atom stereocenters. The van der Waals surface area contributed by atoms with Crippen molar-refractivity contribution < 1.29 is 9.47 Å². The van der Waals surface area contributed by atoms with E-state index in [-0.39, 0.29) is 0 Å². The van der Waals surface area contributed by atoms with Gasteiger partial charge in [0.1, 0.15) is 12.4 Å². The van der Waals surface area contributed by atoms with Gasteiger partial charge in [0.25, 0.3) is 0 Å². The highest BCUT2D eigenvalue weighted by Crippen LogP contribution is 2.15. The highest BCUT2D eigenvalue weighted by molar-refractivity contribution is 9.10. The Kier molecular flexibility index (Phi) is 6.93. The maximum Gasteiger partial charge on any atom is 0.119 e. The highest BCUT2D eigenvalue weighted by Gasteiger charge is 1.93. The van der Waals surface area contributed by atoms with E-state index in [0.717, 1.165) is 29.7 Å². The van der Waals surface area contributed by atoms with Gasteiger partial charge < -0.3 is 9.47 Å². The summed E-state index contributed by atoms with van der Waals surface area (Å²) < 4.78 is 12.0. The number of hydrogen-bond donors (Lipinski definition) is 0. The molecule has 1 aromatic carbocycles. The summed E-state index contributed by atoms with van der Waals surface area (Å²) in [5.74, 6) is 0.873. The first-order chi connectivity index (χ1) is 7.83. The molecule has 0 spiro atoms. The van der Waals surface area contributed by atoms with Crippen LogP contribution in [0.1, 0.15) is 12.8 Å². The molecule has 0 aromatic heterocycles. The minimum Gasteiger partial charge on any atom is -0.491 e. The minimum absolute atomic E-state index is 0.593. The zero-order valence-corrected chi connectivity index (χ0v) is 10.9. The molecular formula is C13H17BrO2. The number of halogens is 1. The molecule has 0 aliphatic carbocycles. The van der Waals surface area contributed by atoms with E-state index in [9.17, 15) is 0 Å². The fourth-order valence-electron chi connectivity index (χ4n) is 1.18. The largest absolute Gasteiger partial charge is 0.491 e. The first-order valence-electron chi connectivity index (χ1n) is 5.40. The van der Waals surface area contributed by atoms with E-state index in [2.05, 4.69) is 22.5 Å². The van der Waals surface area contributed by atoms with Crippen LogP contribution in [0.3, 0.4) is 0 Å². The van der Waals surface area contributed by atoms with Crippen molar-refractivity contribution in [1.29, 1.82) is 0 Å². The normalized spacial score (nSPS) is 10.1. The van der Waals surface area contributed by atoms with Gasteiger partial charge in [-0.2, -0.15) is 0 Å². The average molecular weight is 285 g/mol. The number of ether oxygens (including phenoxy) is 2. The lowest BCUT2D eigenvalue weighted by molar-refractivity contribution is 0.0988. The van der Waals surface area contributed by atoms with Crippen LogP contribution in [0.4, 0.5) is 0 Å². The first kappa shape index (κ1) is 13.3. The van der Waals surface area contributed by atoms with Crippen molar-refractivity contribution in [3.05, 3.63) is 41.4 Å². The lowest BCUT2D eigenvalue weighted by Gasteiger charge is -2.06. The maximum atomic E-state index is 5.50. The summed E-state index contributed by atoms with van der Waals surface area (Å²) in [6.45, 7) is 5.66. The van der Waals surface area contributed by atoms with Gasteiger partial charge in [-0.3, -0.25) is 0 Å². The Morgan fingerprint density at radius 1 is 1.12 bits per heavy atom. The van der Waals surface area contributed by atoms with Gasteiger partial charge in [0, 0.05) is 11.1 Å². The SMILES string of the molecule is C=CCCCOCCOc1ccc(Br)cc1. The zero-order valence-electron chi connectivity index (χ0n) is 9.32. The van der Waals surface area contributed by atoms with E-state index in [1.165, 1.54) is 0 Å². The average Bonchev–Trinajstić information content (AvgIpc) is 2.30. The second-order valence-electron chi connectivity index (χ2n) is 3.35. The predicted octanol–water partition coefficient (Wildman–Crippen LogP) is 3.81. The quantitative estimate of drug-likeness (QED) is 0.534. The Morgan fingerprint density at radius 2 is 1.88 bits per heavy atom. The molecule has 0 bridgehead atoms. The van der Waals surface area contributed by atoms with E-state index in [1.54, 1.807) is 0 Å². The van der Waals surface area contributed by atoms with Crippen LogP contribution in [0.2, 0.25) is 0 Å². The molecule has 0 heterocycles. The number of hydrogen-bond acceptors (Lipinski definition) is 2. The molecule has 0 fully saturated rings. The molecule has 0 radical (unpaired) electrons. The molecule has 16 heavy (non-hydrogen) atoms. The van der Waals surface area contributed by atoms with Crippen LogP contribution in [0, 0.1) is 0 Å². The van der Waals surface area contributed by atoms with Crippen LogP contribution < -0.4 is 4.74 Å². The lowest BCUT2D eigenvalue weighted by Crippen LogP contribution is -2.07. The summed E-state index contributed by atoms with van der Waals surface area (Å²) in [7, 11) is 0. The lowest BCUT2D eigenvalue weighted by atomic mass is 10.3.